The van der Waals surface area contributed by atoms with Crippen molar-refractivity contribution in [1.29, 1.82) is 0 Å². The van der Waals surface area contributed by atoms with E-state index in [1.54, 1.807) is 6.20 Å². The monoisotopic (exact) mass is 375 g/mol. The van der Waals surface area contributed by atoms with Crippen LogP contribution in [0.15, 0.2) is 12.3 Å². The van der Waals surface area contributed by atoms with Crippen molar-refractivity contribution in [3.8, 4) is 0 Å². The number of anilines is 2. The van der Waals surface area contributed by atoms with Gasteiger partial charge in [0.1, 0.15) is 5.82 Å². The van der Waals surface area contributed by atoms with E-state index in [2.05, 4.69) is 25.0 Å². The molecule has 0 saturated carbocycles. The van der Waals surface area contributed by atoms with Gasteiger partial charge in [-0.15, -0.1) is 0 Å². The molecule has 27 heavy (non-hydrogen) atoms. The van der Waals surface area contributed by atoms with Gasteiger partial charge in [-0.25, -0.2) is 9.78 Å². The number of hydrogen-bond donors (Lipinski definition) is 1. The molecule has 0 bridgehead atoms. The molecule has 3 saturated heterocycles. The number of imide groups is 1. The van der Waals surface area contributed by atoms with E-state index in [-0.39, 0.29) is 18.1 Å². The molecule has 1 aromatic rings. The predicted molar refractivity (Wildman–Crippen MR) is 98.6 cm³/mol. The van der Waals surface area contributed by atoms with Gasteiger partial charge in [0, 0.05) is 52.5 Å². The van der Waals surface area contributed by atoms with Gasteiger partial charge in [-0.05, 0) is 6.07 Å². The molecule has 146 valence electrons. The van der Waals surface area contributed by atoms with Gasteiger partial charge in [0.15, 0.2) is 0 Å². The minimum Gasteiger partial charge on any atom is -0.378 e. The molecule has 1 atom stereocenters. The van der Waals surface area contributed by atoms with E-state index in [4.69, 9.17) is 9.72 Å². The number of carbonyl (C=O) groups is 2. The molecule has 1 N–H and O–H groups in total. The summed E-state index contributed by atoms with van der Waals surface area (Å²) in [5.41, 5.74) is 0. The largest absolute Gasteiger partial charge is 0.378 e. The van der Waals surface area contributed by atoms with Gasteiger partial charge in [0.2, 0.25) is 11.9 Å². The Morgan fingerprint density at radius 1 is 1.07 bits per heavy atom. The van der Waals surface area contributed by atoms with Crippen molar-refractivity contribution in [3.63, 3.8) is 0 Å². The zero-order chi connectivity index (χ0) is 18.8. The third-order valence-electron chi connectivity index (χ3n) is 5.34. The lowest BCUT2D eigenvalue weighted by atomic mass is 10.2. The fourth-order valence-corrected chi connectivity index (χ4v) is 3.62. The Morgan fingerprint density at radius 2 is 1.81 bits per heavy atom. The second-order valence-electron chi connectivity index (χ2n) is 6.96. The van der Waals surface area contributed by atoms with Crippen LogP contribution < -0.4 is 15.1 Å². The SMILES string of the molecule is CN1C(=O)CC(N2CCN(c3nccc(N4CCOCC4)n3)CC2)NC1=O. The Balaban J connectivity index is 1.36. The number of morpholine rings is 1. The number of aromatic nitrogens is 2. The van der Waals surface area contributed by atoms with Crippen molar-refractivity contribution in [2.24, 2.45) is 0 Å². The smallest absolute Gasteiger partial charge is 0.325 e. The van der Waals surface area contributed by atoms with Crippen LogP contribution in [-0.2, 0) is 9.53 Å². The quantitative estimate of drug-likeness (QED) is 0.744. The van der Waals surface area contributed by atoms with Crippen LogP contribution in [-0.4, -0.2) is 97.4 Å². The van der Waals surface area contributed by atoms with E-state index in [0.29, 0.717) is 6.42 Å². The Kier molecular flexibility index (Phi) is 5.08. The summed E-state index contributed by atoms with van der Waals surface area (Å²) in [6, 6.07) is 1.60. The molecular formula is C17H25N7O3. The Morgan fingerprint density at radius 3 is 2.52 bits per heavy atom. The van der Waals surface area contributed by atoms with E-state index >= 15 is 0 Å². The predicted octanol–water partition coefficient (Wildman–Crippen LogP) is -0.667. The van der Waals surface area contributed by atoms with Gasteiger partial charge in [-0.1, -0.05) is 0 Å². The molecule has 0 radical (unpaired) electrons. The van der Waals surface area contributed by atoms with Crippen LogP contribution >= 0.6 is 0 Å². The second-order valence-corrected chi connectivity index (χ2v) is 6.96. The number of urea groups is 1. The molecule has 1 unspecified atom stereocenters. The van der Waals surface area contributed by atoms with Crippen LogP contribution in [0.4, 0.5) is 16.6 Å². The van der Waals surface area contributed by atoms with Crippen molar-refractivity contribution in [1.82, 2.24) is 25.1 Å². The summed E-state index contributed by atoms with van der Waals surface area (Å²) in [5.74, 6) is 1.51. The molecule has 0 spiro atoms. The van der Waals surface area contributed by atoms with Gasteiger partial charge in [-0.2, -0.15) is 4.98 Å². The van der Waals surface area contributed by atoms with Crippen LogP contribution in [0.25, 0.3) is 0 Å². The molecular weight excluding hydrogens is 350 g/mol. The summed E-state index contributed by atoms with van der Waals surface area (Å²) in [6.45, 7) is 6.12. The standard InChI is InChI=1S/C17H25N7O3/c1-21-15(25)12-14(20-17(21)26)22-4-6-24(7-5-22)16-18-3-2-13(19-16)23-8-10-27-11-9-23/h2-3,14H,4-12H2,1H3,(H,20,26). The number of amides is 3. The first-order valence-electron chi connectivity index (χ1n) is 9.33. The van der Waals surface area contributed by atoms with E-state index in [9.17, 15) is 9.59 Å². The molecule has 3 amide bonds. The van der Waals surface area contributed by atoms with Gasteiger partial charge in [0.25, 0.3) is 0 Å². The molecule has 10 nitrogen and oxygen atoms in total. The first-order valence-corrected chi connectivity index (χ1v) is 9.33. The van der Waals surface area contributed by atoms with Gasteiger partial charge in [-0.3, -0.25) is 14.6 Å². The minimum atomic E-state index is -0.333. The topological polar surface area (TPSA) is 94.1 Å². The van der Waals surface area contributed by atoms with Crippen molar-refractivity contribution in [3.05, 3.63) is 12.3 Å². The third-order valence-corrected chi connectivity index (χ3v) is 5.34. The van der Waals surface area contributed by atoms with Gasteiger partial charge >= 0.3 is 6.03 Å². The summed E-state index contributed by atoms with van der Waals surface area (Å²) in [7, 11) is 1.50. The van der Waals surface area contributed by atoms with Crippen LogP contribution in [0.2, 0.25) is 0 Å². The lowest BCUT2D eigenvalue weighted by Crippen LogP contribution is -2.62. The average molecular weight is 375 g/mol. The first-order chi connectivity index (χ1) is 13.1. The van der Waals surface area contributed by atoms with Crippen LogP contribution in [0, 0.1) is 0 Å². The highest BCUT2D eigenvalue weighted by atomic mass is 16.5. The maximum absolute atomic E-state index is 11.9. The number of hydrogen-bond acceptors (Lipinski definition) is 8. The van der Waals surface area contributed by atoms with E-state index in [0.717, 1.165) is 69.1 Å². The van der Waals surface area contributed by atoms with E-state index < -0.39 is 0 Å². The normalized spacial score (nSPS) is 24.9. The summed E-state index contributed by atoms with van der Waals surface area (Å²) in [5, 5.41) is 2.90. The Labute approximate surface area is 158 Å². The van der Waals surface area contributed by atoms with Crippen molar-refractivity contribution >= 4 is 23.7 Å². The minimum absolute atomic E-state index is 0.146. The number of piperazine rings is 1. The molecule has 1 aromatic heterocycles. The van der Waals surface area contributed by atoms with E-state index in [1.807, 2.05) is 6.07 Å². The highest BCUT2D eigenvalue weighted by molar-refractivity contribution is 5.96. The number of rotatable bonds is 3. The molecule has 3 fully saturated rings. The second kappa shape index (κ2) is 7.65. The molecule has 0 aromatic carbocycles. The zero-order valence-electron chi connectivity index (χ0n) is 15.5. The number of ether oxygens (including phenoxy) is 1. The number of nitrogens with zero attached hydrogens (tertiary/aromatic N) is 6. The summed E-state index contributed by atoms with van der Waals surface area (Å²) >= 11 is 0. The summed E-state index contributed by atoms with van der Waals surface area (Å²) in [4.78, 5) is 40.6. The maximum atomic E-state index is 11.9. The Hall–Kier alpha value is -2.46. The van der Waals surface area contributed by atoms with Gasteiger partial charge in [0.05, 0.1) is 25.8 Å². The highest BCUT2D eigenvalue weighted by Gasteiger charge is 2.34. The third kappa shape index (κ3) is 3.81. The summed E-state index contributed by atoms with van der Waals surface area (Å²) < 4.78 is 5.40. The van der Waals surface area contributed by atoms with Crippen molar-refractivity contribution in [2.45, 2.75) is 12.6 Å². The molecule has 0 aliphatic carbocycles. The Bertz CT molecular complexity index is 684. The van der Waals surface area contributed by atoms with Crippen LogP contribution in [0.5, 0.6) is 0 Å². The first kappa shape index (κ1) is 17.9. The maximum Gasteiger partial charge on any atom is 0.325 e. The van der Waals surface area contributed by atoms with Crippen molar-refractivity contribution in [2.75, 3.05) is 69.3 Å². The zero-order valence-corrected chi connectivity index (χ0v) is 15.5. The summed E-state index contributed by atoms with van der Waals surface area (Å²) in [6.07, 6.45) is 1.88. The number of carbonyl (C=O) groups excluding carboxylic acids is 2. The fraction of sp³-hybridized carbons (Fsp3) is 0.647. The number of nitrogens with one attached hydrogen (secondary N) is 1. The van der Waals surface area contributed by atoms with Crippen LogP contribution in [0.1, 0.15) is 6.42 Å². The molecule has 10 heteroatoms. The van der Waals surface area contributed by atoms with E-state index in [1.165, 1.54) is 7.05 Å². The highest BCUT2D eigenvalue weighted by Crippen LogP contribution is 2.19. The lowest BCUT2D eigenvalue weighted by Gasteiger charge is -2.41. The van der Waals surface area contributed by atoms with Gasteiger partial charge < -0.3 is 19.9 Å². The average Bonchev–Trinajstić information content (AvgIpc) is 2.72. The molecule has 4 rings (SSSR count). The molecule has 4 heterocycles. The van der Waals surface area contributed by atoms with Crippen LogP contribution in [0.3, 0.4) is 0 Å². The lowest BCUT2D eigenvalue weighted by molar-refractivity contribution is -0.130. The fourth-order valence-electron chi connectivity index (χ4n) is 3.62. The van der Waals surface area contributed by atoms with Crippen molar-refractivity contribution < 1.29 is 14.3 Å². The molecule has 3 aliphatic rings. The molecule has 3 aliphatic heterocycles.